The smallest absolute Gasteiger partial charge is 0.191 e. The maximum Gasteiger partial charge on any atom is 0.191 e. The van der Waals surface area contributed by atoms with Gasteiger partial charge in [0.1, 0.15) is 0 Å². The van der Waals surface area contributed by atoms with E-state index in [1.807, 2.05) is 18.2 Å². The first kappa shape index (κ1) is 15.4. The summed E-state index contributed by atoms with van der Waals surface area (Å²) in [7, 11) is -1.31. The fraction of sp³-hybridized carbons (Fsp3) is 0.500. The SMILES string of the molecule is CCS(=O)(=O)CCNC(=NC)NCc1ccccn1. The first-order valence-corrected chi connectivity index (χ1v) is 7.94. The van der Waals surface area contributed by atoms with E-state index in [0.29, 0.717) is 19.0 Å². The van der Waals surface area contributed by atoms with Crippen molar-refractivity contribution in [2.75, 3.05) is 25.1 Å². The predicted molar refractivity (Wildman–Crippen MR) is 76.8 cm³/mol. The highest BCUT2D eigenvalue weighted by Gasteiger charge is 2.07. The maximum absolute atomic E-state index is 11.3. The summed E-state index contributed by atoms with van der Waals surface area (Å²) in [6.07, 6.45) is 1.72. The Morgan fingerprint density at radius 1 is 1.37 bits per heavy atom. The number of aromatic nitrogens is 1. The summed E-state index contributed by atoms with van der Waals surface area (Å²) in [4.78, 5) is 8.20. The molecule has 0 atom stereocenters. The van der Waals surface area contributed by atoms with Gasteiger partial charge in [-0.2, -0.15) is 0 Å². The van der Waals surface area contributed by atoms with Crippen LogP contribution in [0.5, 0.6) is 0 Å². The van der Waals surface area contributed by atoms with Crippen molar-refractivity contribution >= 4 is 15.8 Å². The van der Waals surface area contributed by atoms with Crippen LogP contribution in [-0.2, 0) is 16.4 Å². The van der Waals surface area contributed by atoms with Crippen LogP contribution in [0.25, 0.3) is 0 Å². The number of guanidine groups is 1. The van der Waals surface area contributed by atoms with Crippen LogP contribution in [0.1, 0.15) is 12.6 Å². The van der Waals surface area contributed by atoms with Crippen LogP contribution >= 0.6 is 0 Å². The molecule has 0 bridgehead atoms. The summed E-state index contributed by atoms with van der Waals surface area (Å²) in [5.41, 5.74) is 0.895. The average molecular weight is 284 g/mol. The van der Waals surface area contributed by atoms with Crippen LogP contribution in [0.4, 0.5) is 0 Å². The highest BCUT2D eigenvalue weighted by atomic mass is 32.2. The third kappa shape index (κ3) is 6.19. The third-order valence-corrected chi connectivity index (χ3v) is 4.24. The molecule has 19 heavy (non-hydrogen) atoms. The second kappa shape index (κ2) is 7.73. The van der Waals surface area contributed by atoms with Gasteiger partial charge < -0.3 is 10.6 Å². The standard InChI is InChI=1S/C12H20N4O2S/c1-3-19(17,18)9-8-15-12(13-2)16-10-11-6-4-5-7-14-11/h4-7H,3,8-10H2,1-2H3,(H2,13,15,16). The zero-order valence-electron chi connectivity index (χ0n) is 11.3. The zero-order valence-corrected chi connectivity index (χ0v) is 12.1. The number of nitrogens with one attached hydrogen (secondary N) is 2. The largest absolute Gasteiger partial charge is 0.355 e. The van der Waals surface area contributed by atoms with Gasteiger partial charge in [-0.15, -0.1) is 0 Å². The minimum absolute atomic E-state index is 0.105. The molecule has 0 aliphatic rings. The molecule has 2 N–H and O–H groups in total. The van der Waals surface area contributed by atoms with Crippen molar-refractivity contribution in [1.82, 2.24) is 15.6 Å². The van der Waals surface area contributed by atoms with Crippen LogP contribution < -0.4 is 10.6 Å². The molecular formula is C12H20N4O2S. The predicted octanol–water partition coefficient (Wildman–Crippen LogP) is 0.181. The Morgan fingerprint density at radius 3 is 2.74 bits per heavy atom. The normalized spacial score (nSPS) is 12.2. The lowest BCUT2D eigenvalue weighted by molar-refractivity contribution is 0.595. The number of hydrogen-bond acceptors (Lipinski definition) is 4. The Hall–Kier alpha value is -1.63. The van der Waals surface area contributed by atoms with Crippen LogP contribution in [-0.4, -0.2) is 44.5 Å². The maximum atomic E-state index is 11.3. The molecule has 0 unspecified atom stereocenters. The van der Waals surface area contributed by atoms with Gasteiger partial charge in [0.05, 0.1) is 18.0 Å². The van der Waals surface area contributed by atoms with Gasteiger partial charge in [0.2, 0.25) is 0 Å². The van der Waals surface area contributed by atoms with E-state index >= 15 is 0 Å². The molecular weight excluding hydrogens is 264 g/mol. The Kier molecular flexibility index (Phi) is 6.27. The minimum atomic E-state index is -2.95. The van der Waals surface area contributed by atoms with E-state index in [2.05, 4.69) is 20.6 Å². The highest BCUT2D eigenvalue weighted by molar-refractivity contribution is 7.91. The molecule has 0 aliphatic carbocycles. The zero-order chi connectivity index (χ0) is 14.1. The van der Waals surface area contributed by atoms with Crippen LogP contribution in [0.3, 0.4) is 0 Å². The Bertz CT molecular complexity index is 500. The lowest BCUT2D eigenvalue weighted by Crippen LogP contribution is -2.39. The number of aliphatic imine (C=N–C) groups is 1. The molecule has 7 heteroatoms. The van der Waals surface area contributed by atoms with Crippen LogP contribution in [0.15, 0.2) is 29.4 Å². The van der Waals surface area contributed by atoms with Gasteiger partial charge in [-0.05, 0) is 12.1 Å². The van der Waals surface area contributed by atoms with Crippen molar-refractivity contribution in [3.63, 3.8) is 0 Å². The molecule has 1 heterocycles. The molecule has 0 spiro atoms. The van der Waals surface area contributed by atoms with Crippen molar-refractivity contribution in [3.8, 4) is 0 Å². The fourth-order valence-corrected chi connectivity index (χ4v) is 2.07. The van der Waals surface area contributed by atoms with E-state index in [-0.39, 0.29) is 11.5 Å². The van der Waals surface area contributed by atoms with E-state index in [0.717, 1.165) is 5.69 Å². The topological polar surface area (TPSA) is 83.5 Å². The molecule has 0 saturated carbocycles. The molecule has 1 aromatic rings. The van der Waals surface area contributed by atoms with E-state index in [9.17, 15) is 8.42 Å². The van der Waals surface area contributed by atoms with Gasteiger partial charge in [-0.25, -0.2) is 8.42 Å². The van der Waals surface area contributed by atoms with E-state index in [4.69, 9.17) is 0 Å². The third-order valence-electron chi connectivity index (χ3n) is 2.53. The molecule has 1 aromatic heterocycles. The second-order valence-electron chi connectivity index (χ2n) is 3.91. The summed E-state index contributed by atoms with van der Waals surface area (Å²) in [5, 5.41) is 6.03. The van der Waals surface area contributed by atoms with Crippen molar-refractivity contribution in [2.45, 2.75) is 13.5 Å². The quantitative estimate of drug-likeness (QED) is 0.575. The number of rotatable bonds is 6. The molecule has 0 radical (unpaired) electrons. The molecule has 0 aliphatic heterocycles. The molecule has 1 rings (SSSR count). The number of nitrogens with zero attached hydrogens (tertiary/aromatic N) is 2. The number of sulfone groups is 1. The molecule has 106 valence electrons. The van der Waals surface area contributed by atoms with E-state index in [1.54, 1.807) is 20.2 Å². The minimum Gasteiger partial charge on any atom is -0.355 e. The summed E-state index contributed by atoms with van der Waals surface area (Å²) in [6, 6.07) is 5.67. The summed E-state index contributed by atoms with van der Waals surface area (Å²) in [5.74, 6) is 0.833. The van der Waals surface area contributed by atoms with Gasteiger partial charge >= 0.3 is 0 Å². The van der Waals surface area contributed by atoms with Gasteiger partial charge in [-0.3, -0.25) is 9.98 Å². The number of hydrogen-bond donors (Lipinski definition) is 2. The summed E-state index contributed by atoms with van der Waals surface area (Å²) in [6.45, 7) is 2.53. The monoisotopic (exact) mass is 284 g/mol. The lowest BCUT2D eigenvalue weighted by Gasteiger charge is -2.11. The van der Waals surface area contributed by atoms with Crippen molar-refractivity contribution in [3.05, 3.63) is 30.1 Å². The highest BCUT2D eigenvalue weighted by Crippen LogP contribution is 1.92. The number of pyridine rings is 1. The van der Waals surface area contributed by atoms with Crippen molar-refractivity contribution in [1.29, 1.82) is 0 Å². The first-order chi connectivity index (χ1) is 9.07. The summed E-state index contributed by atoms with van der Waals surface area (Å²) < 4.78 is 22.7. The average Bonchev–Trinajstić information content (AvgIpc) is 2.43. The molecule has 0 amide bonds. The van der Waals surface area contributed by atoms with E-state index in [1.165, 1.54) is 0 Å². The Morgan fingerprint density at radius 2 is 2.16 bits per heavy atom. The van der Waals surface area contributed by atoms with Crippen LogP contribution in [0.2, 0.25) is 0 Å². The molecule has 0 saturated heterocycles. The first-order valence-electron chi connectivity index (χ1n) is 6.12. The Labute approximate surface area is 114 Å². The van der Waals surface area contributed by atoms with Crippen molar-refractivity contribution in [2.24, 2.45) is 4.99 Å². The fourth-order valence-electron chi connectivity index (χ4n) is 1.37. The van der Waals surface area contributed by atoms with Gasteiger partial charge in [0, 0.05) is 25.5 Å². The molecule has 0 aromatic carbocycles. The van der Waals surface area contributed by atoms with Gasteiger partial charge in [-0.1, -0.05) is 13.0 Å². The van der Waals surface area contributed by atoms with Gasteiger partial charge in [0.15, 0.2) is 15.8 Å². The van der Waals surface area contributed by atoms with Gasteiger partial charge in [0.25, 0.3) is 0 Å². The summed E-state index contributed by atoms with van der Waals surface area (Å²) >= 11 is 0. The molecule has 6 nitrogen and oxygen atoms in total. The Balaban J connectivity index is 2.35. The van der Waals surface area contributed by atoms with E-state index < -0.39 is 9.84 Å². The van der Waals surface area contributed by atoms with Crippen molar-refractivity contribution < 1.29 is 8.42 Å². The molecule has 0 fully saturated rings. The lowest BCUT2D eigenvalue weighted by atomic mass is 10.3. The van der Waals surface area contributed by atoms with Crippen LogP contribution in [0, 0.1) is 0 Å². The second-order valence-corrected chi connectivity index (χ2v) is 6.38.